The molecule has 0 atom stereocenters. The monoisotopic (exact) mass is 1790 g/mol. The van der Waals surface area contributed by atoms with Crippen LogP contribution in [0.4, 0.5) is 41.6 Å². The summed E-state index contributed by atoms with van der Waals surface area (Å²) in [7, 11) is 0. The number of unbranched alkanes of at least 4 members (excludes halogenated alkanes) is 14. The minimum atomic E-state index is -0.770. The molecule has 0 bridgehead atoms. The van der Waals surface area contributed by atoms with E-state index in [0.717, 1.165) is 242 Å². The highest BCUT2D eigenvalue weighted by Crippen LogP contribution is 2.33. The third-order valence-corrected chi connectivity index (χ3v) is 25.4. The Kier molecular flexibility index (Phi) is 42.2. The third-order valence-electron chi connectivity index (χ3n) is 25.4. The molecule has 730 valence electrons. The quantitative estimate of drug-likeness (QED) is 0.0328. The van der Waals surface area contributed by atoms with Crippen molar-refractivity contribution in [2.75, 3.05) is 179 Å². The average Bonchev–Trinajstić information content (AvgIpc) is 0.776. The van der Waals surface area contributed by atoms with Crippen molar-refractivity contribution in [3.05, 3.63) is 11.6 Å². The zero-order chi connectivity index (χ0) is 94.5. The van der Waals surface area contributed by atoms with E-state index >= 15 is 0 Å². The highest BCUT2D eigenvalue weighted by molar-refractivity contribution is 5.88. The topological polar surface area (TPSA) is 280 Å². The summed E-state index contributed by atoms with van der Waals surface area (Å²) in [5.74, 6) is 6.76. The van der Waals surface area contributed by atoms with Crippen molar-refractivity contribution < 1.29 is 19.2 Å². The Morgan fingerprint density at radius 3 is 0.820 bits per heavy atom. The van der Waals surface area contributed by atoms with Crippen LogP contribution in [0.3, 0.4) is 0 Å². The van der Waals surface area contributed by atoms with Gasteiger partial charge < -0.3 is 54.3 Å². The number of piperazine rings is 4. The summed E-state index contributed by atoms with van der Waals surface area (Å²) in [6, 6.07) is 0. The number of rotatable bonds is 60. The van der Waals surface area contributed by atoms with E-state index < -0.39 is 27.7 Å². The van der Waals surface area contributed by atoms with Gasteiger partial charge in [-0.2, -0.15) is 44.9 Å². The Morgan fingerprint density at radius 2 is 0.547 bits per heavy atom. The first-order valence-corrected chi connectivity index (χ1v) is 50.9. The average molecular weight is 1790 g/mol. The van der Waals surface area contributed by atoms with Gasteiger partial charge in [-0.1, -0.05) is 145 Å². The Hall–Kier alpha value is -6.69. The smallest absolute Gasteiger partial charge is 0.242 e. The van der Waals surface area contributed by atoms with Crippen LogP contribution in [0.15, 0.2) is 0 Å². The van der Waals surface area contributed by atoms with Gasteiger partial charge in [0.25, 0.3) is 0 Å². The van der Waals surface area contributed by atoms with Crippen molar-refractivity contribution in [1.82, 2.24) is 90.6 Å². The van der Waals surface area contributed by atoms with E-state index in [1.54, 1.807) is 0 Å². The molecule has 7 heterocycles. The predicted molar refractivity (Wildman–Crippen MR) is 531 cm³/mol. The highest BCUT2D eigenvalue weighted by Gasteiger charge is 2.48. The van der Waals surface area contributed by atoms with E-state index in [0.29, 0.717) is 129 Å². The van der Waals surface area contributed by atoms with Crippen molar-refractivity contribution in [3.63, 3.8) is 0 Å². The Morgan fingerprint density at radius 1 is 0.305 bits per heavy atom. The maximum atomic E-state index is 14.6. The highest BCUT2D eigenvalue weighted by atomic mass is 16.2. The van der Waals surface area contributed by atoms with Gasteiger partial charge in [0.2, 0.25) is 65.3 Å². The van der Waals surface area contributed by atoms with E-state index in [2.05, 4.69) is 202 Å². The van der Waals surface area contributed by atoms with Crippen molar-refractivity contribution in [2.24, 2.45) is 0 Å². The third kappa shape index (κ3) is 34.4. The van der Waals surface area contributed by atoms with Crippen molar-refractivity contribution in [3.8, 4) is 0 Å². The summed E-state index contributed by atoms with van der Waals surface area (Å²) in [6.07, 6.45) is 26.4. The molecule has 3 aromatic heterocycles. The molecule has 0 saturated carbocycles. The maximum Gasteiger partial charge on any atom is 0.242 e. The fourth-order valence-electron chi connectivity index (χ4n) is 19.5. The number of aromatic nitrogens is 9. The van der Waals surface area contributed by atoms with Crippen LogP contribution in [0, 0.1) is 0 Å². The fraction of sp³-hybridized carbons (Fsp3) is 0.869. The first-order valence-electron chi connectivity index (χ1n) is 50.9. The number of amides is 4. The van der Waals surface area contributed by atoms with Crippen molar-refractivity contribution >= 4 is 65.3 Å². The molecule has 4 aliphatic rings. The molecule has 29 heteroatoms. The predicted octanol–water partition coefficient (Wildman–Crippen LogP) is 15.8. The molecule has 5 N–H and O–H groups in total. The van der Waals surface area contributed by atoms with E-state index in [1.165, 1.54) is 0 Å². The molecule has 4 amide bonds. The van der Waals surface area contributed by atoms with Gasteiger partial charge in [-0.25, -0.2) is 0 Å². The Balaban J connectivity index is 1.24. The first kappa shape index (κ1) is 108. The van der Waals surface area contributed by atoms with Gasteiger partial charge in [0.1, 0.15) is 11.6 Å². The molecular weight excluding hydrogens is 1600 g/mol. The number of carbonyl (C=O) groups excluding carboxylic acids is 4. The van der Waals surface area contributed by atoms with Gasteiger partial charge in [-0.15, -0.1) is 0 Å². The van der Waals surface area contributed by atoms with Crippen LogP contribution >= 0.6 is 0 Å². The molecule has 0 spiro atoms. The normalized spacial score (nSPS) is 18.2. The Labute approximate surface area is 777 Å². The van der Waals surface area contributed by atoms with Crippen LogP contribution in [0.2, 0.25) is 0 Å². The van der Waals surface area contributed by atoms with Gasteiger partial charge in [0.15, 0.2) is 0 Å². The minimum Gasteiger partial charge on any atom is -0.349 e. The lowest BCUT2D eigenvalue weighted by Gasteiger charge is -2.47. The zero-order valence-corrected chi connectivity index (χ0v) is 86.3. The molecule has 0 unspecified atom stereocenters. The van der Waals surface area contributed by atoms with Gasteiger partial charge in [0, 0.05) is 171 Å². The van der Waals surface area contributed by atoms with E-state index in [-0.39, 0.29) is 51.7 Å². The maximum absolute atomic E-state index is 14.6. The number of nitrogens with zero attached hydrogens (tertiary/aromatic N) is 20. The molecule has 4 fully saturated rings. The molecule has 0 aliphatic carbocycles. The number of hydrogen-bond acceptors (Lipinski definition) is 25. The number of hydrogen-bond donors (Lipinski definition) is 5. The number of carbonyl (C=O) groups is 4. The van der Waals surface area contributed by atoms with Gasteiger partial charge in [0.05, 0.1) is 28.7 Å². The standard InChI is InChI=1S/C99H185N25O4/c1-28-36-52-77(53-37-29-2)79-102-87(117(59-42-34-7)60-43-35-8)107-88(103-79)118(66-69-122-74-93(14,15)111-97(22,23)81(122)126)61-50-46-47-51-63-120(68-71-124-76-95(18,19)113-99(26,27)83(124)128)90-105-84(109-91(9,10)11)104-89(108-90)119(67-70-123-75-94(16,17)112-98(24,25)82(123)127)62-49-45-44-48-54-114(64-65-121-73-92(12,13)110-96(20,21)80(121)125)72-78-100-85(115(55-38-30-3)56-39-31-4)106-86(101-78)116(57-40-32-5)58-41-33-6/h77,110-113H,28-76H2,1-27H3,(H,104,105,108,109). The second-order valence-electron chi connectivity index (χ2n) is 43.9. The van der Waals surface area contributed by atoms with Crippen LogP contribution in [0.1, 0.15) is 371 Å². The summed E-state index contributed by atoms with van der Waals surface area (Å²) in [5, 5.41) is 18.2. The van der Waals surface area contributed by atoms with Crippen molar-refractivity contribution in [2.45, 2.75) is 416 Å². The summed E-state index contributed by atoms with van der Waals surface area (Å²) in [6.45, 7) is 73.0. The largest absolute Gasteiger partial charge is 0.349 e. The lowest BCUT2D eigenvalue weighted by molar-refractivity contribution is -0.144. The lowest BCUT2D eigenvalue weighted by atomic mass is 9.90. The molecular formula is C99H185N25O4. The van der Waals surface area contributed by atoms with Crippen LogP contribution in [-0.4, -0.2) is 287 Å². The molecule has 4 saturated heterocycles. The van der Waals surface area contributed by atoms with Gasteiger partial charge >= 0.3 is 0 Å². The summed E-state index contributed by atoms with van der Waals surface area (Å²) < 4.78 is 0. The van der Waals surface area contributed by atoms with Crippen LogP contribution in [0.5, 0.6) is 0 Å². The fourth-order valence-corrected chi connectivity index (χ4v) is 19.5. The molecule has 3 aromatic rings. The zero-order valence-electron chi connectivity index (χ0n) is 86.3. The van der Waals surface area contributed by atoms with Gasteiger partial charge in [-0.05, 0) is 215 Å². The second kappa shape index (κ2) is 49.9. The molecule has 0 aromatic carbocycles. The van der Waals surface area contributed by atoms with E-state index in [1.807, 2.05) is 65.2 Å². The van der Waals surface area contributed by atoms with E-state index in [4.69, 9.17) is 44.9 Å². The molecule has 4 aliphatic heterocycles. The summed E-state index contributed by atoms with van der Waals surface area (Å²) >= 11 is 0. The Bertz CT molecular complexity index is 3730. The second-order valence-corrected chi connectivity index (χ2v) is 43.9. The molecule has 0 radical (unpaired) electrons. The molecule has 128 heavy (non-hydrogen) atoms. The first-order chi connectivity index (χ1) is 60.3. The van der Waals surface area contributed by atoms with Crippen LogP contribution < -0.4 is 56.0 Å². The number of nitrogens with one attached hydrogen (secondary N) is 5. The number of anilines is 7. The lowest BCUT2D eigenvalue weighted by Crippen LogP contribution is -2.70. The van der Waals surface area contributed by atoms with Crippen LogP contribution in [-0.2, 0) is 25.7 Å². The van der Waals surface area contributed by atoms with Crippen molar-refractivity contribution in [1.29, 1.82) is 0 Å². The summed E-state index contributed by atoms with van der Waals surface area (Å²) in [4.78, 5) is 132. The molecule has 7 rings (SSSR count). The van der Waals surface area contributed by atoms with Gasteiger partial charge in [-0.3, -0.25) is 45.3 Å². The van der Waals surface area contributed by atoms with Crippen LogP contribution in [0.25, 0.3) is 0 Å². The minimum absolute atomic E-state index is 0.0587. The molecule has 29 nitrogen and oxygen atoms in total. The van der Waals surface area contributed by atoms with E-state index in [9.17, 15) is 19.2 Å². The SMILES string of the molecule is CCCCC(CCCC)c1nc(N(CCCC)CCCC)nc(N(CCCCCCN(CCN2CC(C)(C)NC(C)(C)C2=O)c2nc(NC(C)(C)C)nc(N(CCCCCCN(CCN3CC(C)(C)NC(C)(C)C3=O)Cc3nc(N(CCCC)CCCC)nc(N(CCCC)CCCC)n3)CCN3CC(C)(C)NC(C)(C)C3=O)n2)CCN2CC(C)(C)NC(C)(C)C2=O)n1. The summed E-state index contributed by atoms with van der Waals surface area (Å²) in [5.41, 5.74) is -4.58.